The summed E-state index contributed by atoms with van der Waals surface area (Å²) in [5.74, 6) is -0.644. The van der Waals surface area contributed by atoms with Crippen molar-refractivity contribution in [2.24, 2.45) is 0 Å². The van der Waals surface area contributed by atoms with Gasteiger partial charge in [0.15, 0.2) is 0 Å². The van der Waals surface area contributed by atoms with Crippen molar-refractivity contribution in [1.29, 1.82) is 0 Å². The first kappa shape index (κ1) is 12.6. The van der Waals surface area contributed by atoms with Gasteiger partial charge in [0.25, 0.3) is 5.91 Å². The van der Waals surface area contributed by atoms with Crippen molar-refractivity contribution < 1.29 is 9.18 Å². The number of hydrogen-bond donors (Lipinski definition) is 2. The highest BCUT2D eigenvalue weighted by molar-refractivity contribution is 9.10. The van der Waals surface area contributed by atoms with Crippen LogP contribution in [-0.2, 0) is 0 Å². The topological polar surface area (TPSA) is 55.1 Å². The van der Waals surface area contributed by atoms with Gasteiger partial charge in [-0.25, -0.2) is 4.39 Å². The molecule has 5 heteroatoms. The summed E-state index contributed by atoms with van der Waals surface area (Å²) >= 11 is 3.06. The third-order valence-electron chi connectivity index (χ3n) is 2.35. The van der Waals surface area contributed by atoms with Crippen molar-refractivity contribution in [3.63, 3.8) is 0 Å². The van der Waals surface area contributed by atoms with E-state index in [2.05, 4.69) is 21.2 Å². The molecule has 0 spiro atoms. The van der Waals surface area contributed by atoms with E-state index in [0.29, 0.717) is 21.4 Å². The van der Waals surface area contributed by atoms with Crippen molar-refractivity contribution in [1.82, 2.24) is 0 Å². The minimum absolute atomic E-state index is 0.270. The smallest absolute Gasteiger partial charge is 0.255 e. The molecule has 2 aromatic rings. The predicted octanol–water partition coefficient (Wildman–Crippen LogP) is 3.42. The molecular formula is C13H10BrFN2O. The SMILES string of the molecule is Nc1ccc(C(=O)Nc2ccc(F)c(Br)c2)cc1. The number of amides is 1. The van der Waals surface area contributed by atoms with Crippen LogP contribution in [0.2, 0.25) is 0 Å². The lowest BCUT2D eigenvalue weighted by molar-refractivity contribution is 0.102. The lowest BCUT2D eigenvalue weighted by atomic mass is 10.2. The summed E-state index contributed by atoms with van der Waals surface area (Å²) in [5.41, 5.74) is 7.14. The molecule has 3 nitrogen and oxygen atoms in total. The molecule has 0 saturated heterocycles. The molecule has 0 saturated carbocycles. The molecule has 0 aliphatic carbocycles. The fourth-order valence-electron chi connectivity index (χ4n) is 1.41. The zero-order chi connectivity index (χ0) is 13.1. The maximum atomic E-state index is 13.0. The van der Waals surface area contributed by atoms with E-state index in [1.165, 1.54) is 18.2 Å². The van der Waals surface area contributed by atoms with E-state index in [0.717, 1.165) is 0 Å². The van der Waals surface area contributed by atoms with Crippen molar-refractivity contribution in [3.8, 4) is 0 Å². The summed E-state index contributed by atoms with van der Waals surface area (Å²) in [6, 6.07) is 10.8. The third kappa shape index (κ3) is 2.87. The maximum absolute atomic E-state index is 13.0. The van der Waals surface area contributed by atoms with Crippen LogP contribution >= 0.6 is 15.9 Å². The number of rotatable bonds is 2. The Kier molecular flexibility index (Phi) is 3.62. The van der Waals surface area contributed by atoms with Crippen LogP contribution in [0.3, 0.4) is 0 Å². The van der Waals surface area contributed by atoms with Crippen LogP contribution in [0.25, 0.3) is 0 Å². The highest BCUT2D eigenvalue weighted by Gasteiger charge is 2.07. The average Bonchev–Trinajstić information content (AvgIpc) is 2.34. The van der Waals surface area contributed by atoms with E-state index in [1.54, 1.807) is 24.3 Å². The van der Waals surface area contributed by atoms with Gasteiger partial charge in [0.05, 0.1) is 4.47 Å². The molecular weight excluding hydrogens is 299 g/mol. The van der Waals surface area contributed by atoms with Crippen molar-refractivity contribution in [3.05, 3.63) is 58.3 Å². The normalized spacial score (nSPS) is 10.1. The van der Waals surface area contributed by atoms with Crippen LogP contribution in [0.1, 0.15) is 10.4 Å². The maximum Gasteiger partial charge on any atom is 0.255 e. The Morgan fingerprint density at radius 1 is 1.17 bits per heavy atom. The van der Waals surface area contributed by atoms with E-state index in [9.17, 15) is 9.18 Å². The molecule has 0 aromatic heterocycles. The van der Waals surface area contributed by atoms with Gasteiger partial charge in [0.1, 0.15) is 5.82 Å². The van der Waals surface area contributed by atoms with Gasteiger partial charge < -0.3 is 11.1 Å². The predicted molar refractivity (Wildman–Crippen MR) is 72.9 cm³/mol. The number of halogens is 2. The standard InChI is InChI=1S/C13H10BrFN2O/c14-11-7-10(5-6-12(11)15)17-13(18)8-1-3-9(16)4-2-8/h1-7H,16H2,(H,17,18). The number of benzene rings is 2. The van der Waals surface area contributed by atoms with Gasteiger partial charge in [0, 0.05) is 16.9 Å². The molecule has 18 heavy (non-hydrogen) atoms. The lowest BCUT2D eigenvalue weighted by Crippen LogP contribution is -2.11. The van der Waals surface area contributed by atoms with E-state index in [4.69, 9.17) is 5.73 Å². The minimum Gasteiger partial charge on any atom is -0.399 e. The fourth-order valence-corrected chi connectivity index (χ4v) is 1.79. The van der Waals surface area contributed by atoms with Gasteiger partial charge >= 0.3 is 0 Å². The second-order valence-electron chi connectivity index (χ2n) is 3.71. The molecule has 0 bridgehead atoms. The largest absolute Gasteiger partial charge is 0.399 e. The van der Waals surface area contributed by atoms with Gasteiger partial charge in [-0.15, -0.1) is 0 Å². The molecule has 0 heterocycles. The van der Waals surface area contributed by atoms with Gasteiger partial charge in [-0.3, -0.25) is 4.79 Å². The van der Waals surface area contributed by atoms with Crippen LogP contribution in [0, 0.1) is 5.82 Å². The monoisotopic (exact) mass is 308 g/mol. The highest BCUT2D eigenvalue weighted by Crippen LogP contribution is 2.20. The number of carbonyl (C=O) groups excluding carboxylic acids is 1. The number of hydrogen-bond acceptors (Lipinski definition) is 2. The summed E-state index contributed by atoms with van der Waals surface area (Å²) in [6.45, 7) is 0. The van der Waals surface area contributed by atoms with Crippen LogP contribution in [0.5, 0.6) is 0 Å². The summed E-state index contributed by atoms with van der Waals surface area (Å²) in [5, 5.41) is 2.67. The Balaban J connectivity index is 2.16. The Morgan fingerprint density at radius 2 is 1.83 bits per heavy atom. The molecule has 92 valence electrons. The van der Waals surface area contributed by atoms with Crippen molar-refractivity contribution in [2.75, 3.05) is 11.1 Å². The lowest BCUT2D eigenvalue weighted by Gasteiger charge is -2.06. The molecule has 2 rings (SSSR count). The molecule has 1 amide bonds. The van der Waals surface area contributed by atoms with E-state index >= 15 is 0 Å². The molecule has 0 unspecified atom stereocenters. The third-order valence-corrected chi connectivity index (χ3v) is 2.96. The Hall–Kier alpha value is -1.88. The molecule has 0 atom stereocenters. The number of nitrogen functional groups attached to an aromatic ring is 1. The number of anilines is 2. The van der Waals surface area contributed by atoms with Crippen molar-refractivity contribution >= 4 is 33.2 Å². The van der Waals surface area contributed by atoms with Crippen LogP contribution in [0.4, 0.5) is 15.8 Å². The number of carbonyl (C=O) groups is 1. The summed E-state index contributed by atoms with van der Waals surface area (Å²) < 4.78 is 13.3. The Labute approximate surface area is 112 Å². The van der Waals surface area contributed by atoms with Crippen LogP contribution < -0.4 is 11.1 Å². The molecule has 0 aliphatic heterocycles. The van der Waals surface area contributed by atoms with E-state index in [1.807, 2.05) is 0 Å². The second-order valence-corrected chi connectivity index (χ2v) is 4.56. The number of nitrogens with two attached hydrogens (primary N) is 1. The van der Waals surface area contributed by atoms with Crippen LogP contribution in [0.15, 0.2) is 46.9 Å². The summed E-state index contributed by atoms with van der Waals surface area (Å²) in [6.07, 6.45) is 0. The molecule has 0 radical (unpaired) electrons. The number of nitrogens with one attached hydrogen (secondary N) is 1. The zero-order valence-corrected chi connectivity index (χ0v) is 10.9. The first-order valence-corrected chi connectivity index (χ1v) is 5.97. The Morgan fingerprint density at radius 3 is 2.44 bits per heavy atom. The highest BCUT2D eigenvalue weighted by atomic mass is 79.9. The quantitative estimate of drug-likeness (QED) is 0.835. The Bertz CT molecular complexity index is 584. The molecule has 0 fully saturated rings. The zero-order valence-electron chi connectivity index (χ0n) is 9.28. The minimum atomic E-state index is -0.375. The average molecular weight is 309 g/mol. The van der Waals surface area contributed by atoms with Gasteiger partial charge in [-0.05, 0) is 58.4 Å². The summed E-state index contributed by atoms with van der Waals surface area (Å²) in [7, 11) is 0. The first-order valence-electron chi connectivity index (χ1n) is 5.18. The fraction of sp³-hybridized carbons (Fsp3) is 0. The van der Waals surface area contributed by atoms with Gasteiger partial charge in [0.2, 0.25) is 0 Å². The molecule has 2 aromatic carbocycles. The van der Waals surface area contributed by atoms with Gasteiger partial charge in [-0.2, -0.15) is 0 Å². The summed E-state index contributed by atoms with van der Waals surface area (Å²) in [4.78, 5) is 11.9. The van der Waals surface area contributed by atoms with Crippen molar-refractivity contribution in [2.45, 2.75) is 0 Å². The second kappa shape index (κ2) is 5.18. The van der Waals surface area contributed by atoms with Crippen LogP contribution in [-0.4, -0.2) is 5.91 Å². The molecule has 3 N–H and O–H groups in total. The molecule has 0 aliphatic rings. The van der Waals surface area contributed by atoms with E-state index in [-0.39, 0.29) is 11.7 Å². The first-order chi connectivity index (χ1) is 8.56. The van der Waals surface area contributed by atoms with E-state index < -0.39 is 0 Å². The van der Waals surface area contributed by atoms with Gasteiger partial charge in [-0.1, -0.05) is 0 Å².